The second-order valence-corrected chi connectivity index (χ2v) is 4.79. The van der Waals surface area contributed by atoms with E-state index in [4.69, 9.17) is 0 Å². The molecule has 0 aliphatic rings. The summed E-state index contributed by atoms with van der Waals surface area (Å²) >= 11 is 3.58. The van der Waals surface area contributed by atoms with Gasteiger partial charge in [-0.15, -0.1) is 0 Å². The van der Waals surface area contributed by atoms with Crippen LogP contribution in [0.25, 0.3) is 0 Å². The van der Waals surface area contributed by atoms with Crippen LogP contribution < -0.4 is 10.6 Å². The van der Waals surface area contributed by atoms with E-state index in [2.05, 4.69) is 51.5 Å². The first kappa shape index (κ1) is 12.9. The Kier molecular flexibility index (Phi) is 4.20. The van der Waals surface area contributed by atoms with Crippen LogP contribution in [0.2, 0.25) is 0 Å². The van der Waals surface area contributed by atoms with E-state index in [-0.39, 0.29) is 0 Å². The van der Waals surface area contributed by atoms with Crippen molar-refractivity contribution in [3.05, 3.63) is 46.4 Å². The molecule has 0 unspecified atom stereocenters. The molecule has 0 saturated carbocycles. The van der Waals surface area contributed by atoms with E-state index >= 15 is 0 Å². The van der Waals surface area contributed by atoms with Crippen molar-refractivity contribution in [3.63, 3.8) is 0 Å². The molecule has 2 N–H and O–H groups in total. The van der Waals surface area contributed by atoms with Crippen LogP contribution in [0.4, 0.5) is 17.3 Å². The van der Waals surface area contributed by atoms with Crippen LogP contribution in [-0.4, -0.2) is 11.5 Å². The van der Waals surface area contributed by atoms with Gasteiger partial charge >= 0.3 is 0 Å². The molecule has 1 aromatic carbocycles. The van der Waals surface area contributed by atoms with Crippen molar-refractivity contribution in [1.82, 2.24) is 4.98 Å². The van der Waals surface area contributed by atoms with Crippen LogP contribution in [-0.2, 0) is 0 Å². The first-order valence-electron chi connectivity index (χ1n) is 5.93. The van der Waals surface area contributed by atoms with Crippen molar-refractivity contribution in [2.75, 3.05) is 17.2 Å². The van der Waals surface area contributed by atoms with Crippen molar-refractivity contribution < 1.29 is 0 Å². The molecule has 0 fully saturated rings. The molecule has 0 aliphatic heterocycles. The average Bonchev–Trinajstić information content (AvgIpc) is 2.36. The van der Waals surface area contributed by atoms with E-state index in [1.54, 1.807) is 0 Å². The summed E-state index contributed by atoms with van der Waals surface area (Å²) in [6.07, 6.45) is 0. The molecule has 4 heteroatoms. The number of hydrogen-bond acceptors (Lipinski definition) is 3. The molecule has 0 radical (unpaired) electrons. The monoisotopic (exact) mass is 305 g/mol. The third-order valence-electron chi connectivity index (χ3n) is 2.56. The molecule has 3 nitrogen and oxygen atoms in total. The zero-order valence-corrected chi connectivity index (χ0v) is 12.1. The van der Waals surface area contributed by atoms with Gasteiger partial charge in [-0.05, 0) is 53.5 Å². The third kappa shape index (κ3) is 3.01. The summed E-state index contributed by atoms with van der Waals surface area (Å²) in [6, 6.07) is 12.0. The van der Waals surface area contributed by atoms with Crippen molar-refractivity contribution in [2.24, 2.45) is 0 Å². The predicted molar refractivity (Wildman–Crippen MR) is 80.6 cm³/mol. The third-order valence-corrected chi connectivity index (χ3v) is 3.61. The summed E-state index contributed by atoms with van der Waals surface area (Å²) in [5.74, 6) is 1.71. The van der Waals surface area contributed by atoms with E-state index < -0.39 is 0 Å². The number of aromatic nitrogens is 1. The lowest BCUT2D eigenvalue weighted by Gasteiger charge is -2.10. The fourth-order valence-electron chi connectivity index (χ4n) is 1.67. The van der Waals surface area contributed by atoms with Crippen molar-refractivity contribution in [1.29, 1.82) is 0 Å². The maximum atomic E-state index is 4.49. The van der Waals surface area contributed by atoms with Gasteiger partial charge in [-0.3, -0.25) is 0 Å². The van der Waals surface area contributed by atoms with Crippen LogP contribution in [0.1, 0.15) is 12.5 Å². The minimum absolute atomic E-state index is 0.833. The number of hydrogen-bond donors (Lipinski definition) is 2. The number of rotatable bonds is 4. The molecule has 0 spiro atoms. The van der Waals surface area contributed by atoms with Gasteiger partial charge in [0, 0.05) is 11.0 Å². The van der Waals surface area contributed by atoms with Gasteiger partial charge in [0.1, 0.15) is 11.6 Å². The summed E-state index contributed by atoms with van der Waals surface area (Å²) in [5.41, 5.74) is 2.22. The van der Waals surface area contributed by atoms with Gasteiger partial charge < -0.3 is 10.6 Å². The van der Waals surface area contributed by atoms with E-state index in [0.29, 0.717) is 0 Å². The Morgan fingerprint density at radius 3 is 2.61 bits per heavy atom. The highest BCUT2D eigenvalue weighted by molar-refractivity contribution is 9.10. The molecule has 0 atom stereocenters. The first-order valence-corrected chi connectivity index (χ1v) is 6.73. The minimum atomic E-state index is 0.833. The molecule has 0 amide bonds. The molecule has 94 valence electrons. The zero-order valence-electron chi connectivity index (χ0n) is 10.5. The molecule has 1 aromatic heterocycles. The van der Waals surface area contributed by atoms with Gasteiger partial charge in [0.25, 0.3) is 0 Å². The Morgan fingerprint density at radius 1 is 1.11 bits per heavy atom. The Morgan fingerprint density at radius 2 is 1.83 bits per heavy atom. The fraction of sp³-hybridized carbons (Fsp3) is 0.214. The Labute approximate surface area is 116 Å². The SMILES string of the molecule is CCNc1cccc(Nc2cccc(C)c2Br)n1. The Balaban J connectivity index is 2.23. The highest BCUT2D eigenvalue weighted by Gasteiger charge is 2.03. The number of nitrogens with zero attached hydrogens (tertiary/aromatic N) is 1. The quantitative estimate of drug-likeness (QED) is 0.883. The zero-order chi connectivity index (χ0) is 13.0. The van der Waals surface area contributed by atoms with E-state index in [1.807, 2.05) is 30.3 Å². The molecular weight excluding hydrogens is 290 g/mol. The summed E-state index contributed by atoms with van der Waals surface area (Å²) in [4.78, 5) is 4.49. The molecule has 0 saturated heterocycles. The summed E-state index contributed by atoms with van der Waals surface area (Å²) < 4.78 is 1.07. The molecule has 2 aromatic rings. The van der Waals surface area contributed by atoms with Crippen molar-refractivity contribution in [2.45, 2.75) is 13.8 Å². The lowest BCUT2D eigenvalue weighted by molar-refractivity contribution is 1.16. The Bertz CT molecular complexity index is 540. The molecule has 0 aliphatic carbocycles. The number of nitrogens with one attached hydrogen (secondary N) is 2. The lowest BCUT2D eigenvalue weighted by atomic mass is 10.2. The summed E-state index contributed by atoms with van der Waals surface area (Å²) in [5, 5.41) is 6.51. The highest BCUT2D eigenvalue weighted by atomic mass is 79.9. The van der Waals surface area contributed by atoms with Crippen LogP contribution in [0, 0.1) is 6.92 Å². The fourth-order valence-corrected chi connectivity index (χ4v) is 2.03. The largest absolute Gasteiger partial charge is 0.370 e. The lowest BCUT2D eigenvalue weighted by Crippen LogP contribution is -2.01. The van der Waals surface area contributed by atoms with Gasteiger partial charge in [-0.1, -0.05) is 18.2 Å². The van der Waals surface area contributed by atoms with Crippen LogP contribution in [0.5, 0.6) is 0 Å². The van der Waals surface area contributed by atoms with Crippen LogP contribution in [0.15, 0.2) is 40.9 Å². The minimum Gasteiger partial charge on any atom is -0.370 e. The topological polar surface area (TPSA) is 37.0 Å². The Hall–Kier alpha value is -1.55. The maximum Gasteiger partial charge on any atom is 0.132 e. The van der Waals surface area contributed by atoms with Crippen LogP contribution in [0.3, 0.4) is 0 Å². The summed E-state index contributed by atoms with van der Waals surface area (Å²) in [6.45, 7) is 4.99. The van der Waals surface area contributed by atoms with Gasteiger partial charge in [0.05, 0.1) is 5.69 Å². The highest BCUT2D eigenvalue weighted by Crippen LogP contribution is 2.28. The number of pyridine rings is 1. The number of benzene rings is 1. The smallest absolute Gasteiger partial charge is 0.132 e. The number of halogens is 1. The van der Waals surface area contributed by atoms with Crippen molar-refractivity contribution >= 4 is 33.3 Å². The summed E-state index contributed by atoms with van der Waals surface area (Å²) in [7, 11) is 0. The van der Waals surface area contributed by atoms with Gasteiger partial charge in [0.2, 0.25) is 0 Å². The van der Waals surface area contributed by atoms with Gasteiger partial charge in [-0.2, -0.15) is 0 Å². The second kappa shape index (κ2) is 5.87. The maximum absolute atomic E-state index is 4.49. The van der Waals surface area contributed by atoms with Crippen molar-refractivity contribution in [3.8, 4) is 0 Å². The molecule has 1 heterocycles. The standard InChI is InChI=1S/C14H16BrN3/c1-3-16-12-8-5-9-13(18-12)17-11-7-4-6-10(2)14(11)15/h4-9H,3H2,1-2H3,(H2,16,17,18). The molecular formula is C14H16BrN3. The average molecular weight is 306 g/mol. The molecule has 0 bridgehead atoms. The van der Waals surface area contributed by atoms with E-state index in [9.17, 15) is 0 Å². The number of aryl methyl sites for hydroxylation is 1. The second-order valence-electron chi connectivity index (χ2n) is 4.00. The molecule has 18 heavy (non-hydrogen) atoms. The van der Waals surface area contributed by atoms with Gasteiger partial charge in [-0.25, -0.2) is 4.98 Å². The van der Waals surface area contributed by atoms with E-state index in [0.717, 1.165) is 28.3 Å². The number of anilines is 3. The predicted octanol–water partition coefficient (Wildman–Crippen LogP) is 4.33. The molecule has 2 rings (SSSR count). The normalized spacial score (nSPS) is 10.2. The van der Waals surface area contributed by atoms with Crippen LogP contribution >= 0.6 is 15.9 Å². The van der Waals surface area contributed by atoms with E-state index in [1.165, 1.54) is 5.56 Å². The first-order chi connectivity index (χ1) is 8.70. The van der Waals surface area contributed by atoms with Gasteiger partial charge in [0.15, 0.2) is 0 Å².